The van der Waals surface area contributed by atoms with Gasteiger partial charge in [-0.3, -0.25) is 9.98 Å². The number of aliphatic imine (C=N–C) groups is 2. The highest BCUT2D eigenvalue weighted by atomic mass is 14.8. The van der Waals surface area contributed by atoms with Crippen LogP contribution in [-0.2, 0) is 0 Å². The molecule has 0 bridgehead atoms. The van der Waals surface area contributed by atoms with Crippen LogP contribution < -0.4 is 0 Å². The first-order valence-electron chi connectivity index (χ1n) is 3.68. The van der Waals surface area contributed by atoms with Crippen molar-refractivity contribution in [1.29, 1.82) is 0 Å². The van der Waals surface area contributed by atoms with Crippen molar-refractivity contribution in [3.63, 3.8) is 0 Å². The lowest BCUT2D eigenvalue weighted by Crippen LogP contribution is -2.11. The summed E-state index contributed by atoms with van der Waals surface area (Å²) in [7, 11) is 0. The van der Waals surface area contributed by atoms with Gasteiger partial charge in [0.2, 0.25) is 0 Å². The molecule has 0 rings (SSSR count). The SMILES string of the molecule is C=NCC(=NCC)C(C)C. The van der Waals surface area contributed by atoms with Crippen molar-refractivity contribution >= 4 is 12.4 Å². The summed E-state index contributed by atoms with van der Waals surface area (Å²) in [5.41, 5.74) is 1.15. The summed E-state index contributed by atoms with van der Waals surface area (Å²) < 4.78 is 0. The van der Waals surface area contributed by atoms with E-state index in [1.165, 1.54) is 0 Å². The van der Waals surface area contributed by atoms with E-state index in [-0.39, 0.29) is 0 Å². The van der Waals surface area contributed by atoms with Gasteiger partial charge in [0, 0.05) is 12.3 Å². The maximum atomic E-state index is 4.30. The number of rotatable bonds is 4. The van der Waals surface area contributed by atoms with E-state index < -0.39 is 0 Å². The lowest BCUT2D eigenvalue weighted by molar-refractivity contribution is 0.853. The second kappa shape index (κ2) is 5.15. The van der Waals surface area contributed by atoms with Gasteiger partial charge < -0.3 is 0 Å². The van der Waals surface area contributed by atoms with Gasteiger partial charge in [0.25, 0.3) is 0 Å². The van der Waals surface area contributed by atoms with Gasteiger partial charge in [0.1, 0.15) is 0 Å². The largest absolute Gasteiger partial charge is 0.295 e. The highest BCUT2D eigenvalue weighted by Crippen LogP contribution is 1.97. The number of nitrogens with zero attached hydrogens (tertiary/aromatic N) is 2. The molecule has 0 aliphatic carbocycles. The minimum atomic E-state index is 0.505. The molecule has 0 N–H and O–H groups in total. The van der Waals surface area contributed by atoms with Gasteiger partial charge >= 0.3 is 0 Å². The molecule has 0 radical (unpaired) electrons. The van der Waals surface area contributed by atoms with Crippen LogP contribution in [0.2, 0.25) is 0 Å². The fourth-order valence-electron chi connectivity index (χ4n) is 0.733. The third-order valence-electron chi connectivity index (χ3n) is 1.30. The third-order valence-corrected chi connectivity index (χ3v) is 1.30. The van der Waals surface area contributed by atoms with E-state index in [0.29, 0.717) is 12.5 Å². The van der Waals surface area contributed by atoms with Crippen molar-refractivity contribution in [1.82, 2.24) is 0 Å². The zero-order chi connectivity index (χ0) is 7.98. The molecule has 2 nitrogen and oxygen atoms in total. The second-order valence-electron chi connectivity index (χ2n) is 2.50. The van der Waals surface area contributed by atoms with Crippen molar-refractivity contribution in [2.45, 2.75) is 20.8 Å². The maximum Gasteiger partial charge on any atom is 0.0763 e. The van der Waals surface area contributed by atoms with E-state index in [1.54, 1.807) is 0 Å². The van der Waals surface area contributed by atoms with E-state index in [4.69, 9.17) is 0 Å². The molecule has 0 fully saturated rings. The first kappa shape index (κ1) is 9.34. The molecule has 2 heteroatoms. The Morgan fingerprint density at radius 1 is 1.50 bits per heavy atom. The molecule has 0 aromatic heterocycles. The van der Waals surface area contributed by atoms with Crippen molar-refractivity contribution in [3.05, 3.63) is 0 Å². The number of hydrogen-bond acceptors (Lipinski definition) is 2. The van der Waals surface area contributed by atoms with E-state index in [2.05, 4.69) is 30.5 Å². The molecular weight excluding hydrogens is 124 g/mol. The van der Waals surface area contributed by atoms with Crippen molar-refractivity contribution in [2.24, 2.45) is 15.9 Å². The quantitative estimate of drug-likeness (QED) is 0.532. The monoisotopic (exact) mass is 140 g/mol. The Kier molecular flexibility index (Phi) is 4.81. The van der Waals surface area contributed by atoms with Crippen LogP contribution in [0.1, 0.15) is 20.8 Å². The summed E-state index contributed by atoms with van der Waals surface area (Å²) >= 11 is 0. The predicted octanol–water partition coefficient (Wildman–Crippen LogP) is 1.80. The van der Waals surface area contributed by atoms with Gasteiger partial charge in [-0.1, -0.05) is 13.8 Å². The molecule has 58 valence electrons. The normalized spacial score (nSPS) is 12.2. The topological polar surface area (TPSA) is 24.7 Å². The smallest absolute Gasteiger partial charge is 0.0763 e. The third kappa shape index (κ3) is 3.38. The highest BCUT2D eigenvalue weighted by Gasteiger charge is 2.01. The van der Waals surface area contributed by atoms with Crippen molar-refractivity contribution in [2.75, 3.05) is 13.1 Å². The average Bonchev–Trinajstić information content (AvgIpc) is 1.87. The fraction of sp³-hybridized carbons (Fsp3) is 0.750. The van der Waals surface area contributed by atoms with Gasteiger partial charge in [0.05, 0.1) is 6.54 Å². The number of hydrogen-bond donors (Lipinski definition) is 0. The molecule has 0 aromatic rings. The second-order valence-corrected chi connectivity index (χ2v) is 2.50. The molecular formula is C8H16N2. The van der Waals surface area contributed by atoms with Crippen LogP contribution in [0.4, 0.5) is 0 Å². The molecule has 0 aliphatic heterocycles. The molecule has 0 aromatic carbocycles. The molecule has 10 heavy (non-hydrogen) atoms. The first-order valence-corrected chi connectivity index (χ1v) is 3.68. The van der Waals surface area contributed by atoms with Crippen LogP contribution in [0.3, 0.4) is 0 Å². The fourth-order valence-corrected chi connectivity index (χ4v) is 0.733. The van der Waals surface area contributed by atoms with E-state index >= 15 is 0 Å². The van der Waals surface area contributed by atoms with Gasteiger partial charge in [-0.25, -0.2) is 0 Å². The van der Waals surface area contributed by atoms with Crippen molar-refractivity contribution < 1.29 is 0 Å². The Bertz CT molecular complexity index is 125. The Balaban J connectivity index is 3.96. The lowest BCUT2D eigenvalue weighted by atomic mass is 10.1. The zero-order valence-corrected chi connectivity index (χ0v) is 7.09. The Hall–Kier alpha value is -0.660. The Morgan fingerprint density at radius 2 is 2.10 bits per heavy atom. The predicted molar refractivity (Wildman–Crippen MR) is 47.2 cm³/mol. The summed E-state index contributed by atoms with van der Waals surface area (Å²) in [5.74, 6) is 0.505. The van der Waals surface area contributed by atoms with Crippen LogP contribution in [0.25, 0.3) is 0 Å². The summed E-state index contributed by atoms with van der Waals surface area (Å²) in [5, 5.41) is 0. The maximum absolute atomic E-state index is 4.30. The van der Waals surface area contributed by atoms with Gasteiger partial charge in [-0.2, -0.15) is 0 Å². The minimum absolute atomic E-state index is 0.505. The van der Waals surface area contributed by atoms with Crippen LogP contribution in [0.15, 0.2) is 9.98 Å². The van der Waals surface area contributed by atoms with Crippen LogP contribution in [0, 0.1) is 5.92 Å². The average molecular weight is 140 g/mol. The van der Waals surface area contributed by atoms with E-state index in [9.17, 15) is 0 Å². The molecule has 0 heterocycles. The van der Waals surface area contributed by atoms with Crippen LogP contribution >= 0.6 is 0 Å². The van der Waals surface area contributed by atoms with Gasteiger partial charge in [-0.15, -0.1) is 0 Å². The molecule has 0 spiro atoms. The molecule has 0 saturated heterocycles. The summed E-state index contributed by atoms with van der Waals surface area (Å²) in [4.78, 5) is 8.09. The Labute approximate surface area is 63.1 Å². The van der Waals surface area contributed by atoms with E-state index in [0.717, 1.165) is 12.3 Å². The minimum Gasteiger partial charge on any atom is -0.295 e. The van der Waals surface area contributed by atoms with Gasteiger partial charge in [0.15, 0.2) is 0 Å². The highest BCUT2D eigenvalue weighted by molar-refractivity contribution is 5.88. The summed E-state index contributed by atoms with van der Waals surface area (Å²) in [6.07, 6.45) is 0. The summed E-state index contributed by atoms with van der Waals surface area (Å²) in [6.45, 7) is 11.3. The lowest BCUT2D eigenvalue weighted by Gasteiger charge is -2.05. The molecule has 0 atom stereocenters. The Morgan fingerprint density at radius 3 is 2.40 bits per heavy atom. The zero-order valence-electron chi connectivity index (χ0n) is 7.09. The molecule has 0 aliphatic rings. The van der Waals surface area contributed by atoms with E-state index in [1.807, 2.05) is 6.92 Å². The molecule has 0 unspecified atom stereocenters. The van der Waals surface area contributed by atoms with Crippen molar-refractivity contribution in [3.8, 4) is 0 Å². The van der Waals surface area contributed by atoms with Crippen LogP contribution in [0.5, 0.6) is 0 Å². The molecule has 0 saturated carbocycles. The van der Waals surface area contributed by atoms with Crippen LogP contribution in [-0.4, -0.2) is 25.5 Å². The molecule has 0 amide bonds. The standard InChI is InChI=1S/C8H16N2/c1-5-10-8(6-9-4)7(2)3/h7H,4-6H2,1-3H3. The first-order chi connectivity index (χ1) is 4.72. The van der Waals surface area contributed by atoms with Gasteiger partial charge in [-0.05, 0) is 19.6 Å². The summed E-state index contributed by atoms with van der Waals surface area (Å²) in [6, 6.07) is 0.